The largest absolute Gasteiger partial charge is 0.334 e. The van der Waals surface area contributed by atoms with Crippen LogP contribution < -0.4 is 5.32 Å². The number of H-pyrrole nitrogens is 1. The van der Waals surface area contributed by atoms with Crippen molar-refractivity contribution in [2.24, 2.45) is 0 Å². The first-order valence-corrected chi connectivity index (χ1v) is 9.85. The lowest BCUT2D eigenvalue weighted by Gasteiger charge is -2.26. The second-order valence-corrected chi connectivity index (χ2v) is 7.82. The lowest BCUT2D eigenvalue weighted by atomic mass is 10.1. The van der Waals surface area contributed by atoms with Crippen LogP contribution in [0.15, 0.2) is 30.9 Å². The van der Waals surface area contributed by atoms with Crippen molar-refractivity contribution in [2.45, 2.75) is 38.9 Å². The van der Waals surface area contributed by atoms with E-state index in [0.717, 1.165) is 36.2 Å². The number of carbonyl (C=O) groups is 2. The molecule has 0 fully saturated rings. The van der Waals surface area contributed by atoms with Crippen molar-refractivity contribution in [1.29, 1.82) is 0 Å². The maximum absolute atomic E-state index is 13.3. The number of halogens is 1. The molecule has 2 N–H and O–H groups in total. The van der Waals surface area contributed by atoms with Gasteiger partial charge in [0.15, 0.2) is 6.04 Å². The number of hydrogen-bond acceptors (Lipinski definition) is 4. The fourth-order valence-electron chi connectivity index (χ4n) is 4.19. The topological polar surface area (TPSA) is 95.9 Å². The molecule has 0 radical (unpaired) electrons. The van der Waals surface area contributed by atoms with Gasteiger partial charge in [-0.3, -0.25) is 14.9 Å². The van der Waals surface area contributed by atoms with E-state index in [1.807, 2.05) is 23.6 Å². The Kier molecular flexibility index (Phi) is 4.16. The maximum atomic E-state index is 13.3. The predicted octanol–water partition coefficient (Wildman–Crippen LogP) is 2.85. The van der Waals surface area contributed by atoms with Crippen LogP contribution in [0.5, 0.6) is 0 Å². The van der Waals surface area contributed by atoms with Crippen molar-refractivity contribution in [3.8, 4) is 0 Å². The number of imidazole rings is 2. The predicted molar refractivity (Wildman–Crippen MR) is 107 cm³/mol. The van der Waals surface area contributed by atoms with Gasteiger partial charge in [-0.05, 0) is 37.5 Å². The number of hydrogen-bond donors (Lipinski definition) is 2. The molecule has 2 amide bonds. The fraction of sp³-hybridized carbons (Fsp3) is 0.300. The van der Waals surface area contributed by atoms with Gasteiger partial charge < -0.3 is 14.5 Å². The molecule has 148 valence electrons. The van der Waals surface area contributed by atoms with Gasteiger partial charge in [0.05, 0.1) is 12.0 Å². The van der Waals surface area contributed by atoms with Gasteiger partial charge in [0.1, 0.15) is 0 Å². The molecule has 9 heteroatoms. The number of benzene rings is 1. The van der Waals surface area contributed by atoms with Crippen LogP contribution in [0.3, 0.4) is 0 Å². The molecule has 8 nitrogen and oxygen atoms in total. The number of anilines is 1. The third-order valence-corrected chi connectivity index (χ3v) is 5.85. The van der Waals surface area contributed by atoms with Crippen LogP contribution in [0.4, 0.5) is 5.95 Å². The van der Waals surface area contributed by atoms with Gasteiger partial charge >= 0.3 is 0 Å². The highest BCUT2D eigenvalue weighted by Gasteiger charge is 2.41. The summed E-state index contributed by atoms with van der Waals surface area (Å²) in [6.45, 7) is 3.02. The Morgan fingerprint density at radius 3 is 3.00 bits per heavy atom. The van der Waals surface area contributed by atoms with E-state index >= 15 is 0 Å². The van der Waals surface area contributed by atoms with Crippen molar-refractivity contribution in [2.75, 3.05) is 5.32 Å². The van der Waals surface area contributed by atoms with Crippen molar-refractivity contribution in [3.05, 3.63) is 64.0 Å². The summed E-state index contributed by atoms with van der Waals surface area (Å²) < 4.78 is 2.05. The molecule has 5 rings (SSSR count). The van der Waals surface area contributed by atoms with Crippen molar-refractivity contribution in [3.63, 3.8) is 0 Å². The first kappa shape index (κ1) is 17.9. The number of nitrogens with one attached hydrogen (secondary N) is 2. The minimum atomic E-state index is -0.870. The quantitative estimate of drug-likeness (QED) is 0.691. The Hall–Kier alpha value is -3.13. The van der Waals surface area contributed by atoms with Crippen LogP contribution in [-0.2, 0) is 24.3 Å². The monoisotopic (exact) mass is 410 g/mol. The minimum Gasteiger partial charge on any atom is -0.334 e. The van der Waals surface area contributed by atoms with Gasteiger partial charge in [-0.1, -0.05) is 11.6 Å². The molecule has 0 aliphatic carbocycles. The Morgan fingerprint density at radius 2 is 2.21 bits per heavy atom. The van der Waals surface area contributed by atoms with E-state index in [0.29, 0.717) is 22.2 Å². The average Bonchev–Trinajstić information content (AvgIpc) is 3.44. The van der Waals surface area contributed by atoms with E-state index in [-0.39, 0.29) is 18.4 Å². The number of aryl methyl sites for hydroxylation is 2. The number of amides is 2. The summed E-state index contributed by atoms with van der Waals surface area (Å²) in [6.07, 6.45) is 6.75. The number of aromatic nitrogens is 4. The van der Waals surface area contributed by atoms with Gasteiger partial charge in [0, 0.05) is 47.3 Å². The highest BCUT2D eigenvalue weighted by atomic mass is 35.5. The Bertz CT molecular complexity index is 1120. The Labute approximate surface area is 171 Å². The van der Waals surface area contributed by atoms with Crippen LogP contribution in [-0.4, -0.2) is 36.2 Å². The van der Waals surface area contributed by atoms with Crippen LogP contribution in [0.2, 0.25) is 5.02 Å². The third-order valence-electron chi connectivity index (χ3n) is 5.51. The second-order valence-electron chi connectivity index (χ2n) is 7.41. The van der Waals surface area contributed by atoms with Crippen LogP contribution in [0.25, 0.3) is 0 Å². The molecular weight excluding hydrogens is 392 g/mol. The third kappa shape index (κ3) is 2.91. The molecule has 29 heavy (non-hydrogen) atoms. The molecule has 4 heterocycles. The Morgan fingerprint density at radius 1 is 1.34 bits per heavy atom. The van der Waals surface area contributed by atoms with E-state index in [9.17, 15) is 9.59 Å². The van der Waals surface area contributed by atoms with Gasteiger partial charge in [0.2, 0.25) is 5.95 Å². The van der Waals surface area contributed by atoms with E-state index in [1.165, 1.54) is 0 Å². The molecule has 0 spiro atoms. The molecule has 0 saturated heterocycles. The van der Waals surface area contributed by atoms with Gasteiger partial charge in [-0.2, -0.15) is 0 Å². The number of rotatable bonds is 4. The maximum Gasteiger partial charge on any atom is 0.255 e. The number of nitrogens with zero attached hydrogens (tertiary/aromatic N) is 4. The first-order valence-electron chi connectivity index (χ1n) is 9.47. The molecule has 1 aromatic carbocycles. The van der Waals surface area contributed by atoms with Gasteiger partial charge in [-0.15, -0.1) is 0 Å². The summed E-state index contributed by atoms with van der Waals surface area (Å²) in [7, 11) is 0. The second kappa shape index (κ2) is 6.73. The zero-order valence-corrected chi connectivity index (χ0v) is 16.5. The lowest BCUT2D eigenvalue weighted by Crippen LogP contribution is -2.38. The highest BCUT2D eigenvalue weighted by molar-refractivity contribution is 6.32. The molecule has 0 bridgehead atoms. The molecule has 3 aromatic rings. The summed E-state index contributed by atoms with van der Waals surface area (Å²) in [6, 6.07) is 2.79. The smallest absolute Gasteiger partial charge is 0.255 e. The molecular formula is C20H19ClN6O2. The van der Waals surface area contributed by atoms with E-state index in [2.05, 4.69) is 20.3 Å². The summed E-state index contributed by atoms with van der Waals surface area (Å²) in [4.78, 5) is 39.6. The van der Waals surface area contributed by atoms with Gasteiger partial charge in [-0.25, -0.2) is 9.97 Å². The van der Waals surface area contributed by atoms with Crippen LogP contribution in [0, 0.1) is 6.92 Å². The molecule has 2 aliphatic rings. The Balaban J connectivity index is 1.56. The van der Waals surface area contributed by atoms with Crippen molar-refractivity contribution < 1.29 is 9.59 Å². The number of aromatic amines is 1. The zero-order valence-electron chi connectivity index (χ0n) is 15.8. The highest BCUT2D eigenvalue weighted by Crippen LogP contribution is 2.37. The van der Waals surface area contributed by atoms with Crippen LogP contribution in [0.1, 0.15) is 45.3 Å². The number of carbonyl (C=O) groups excluding carboxylic acids is 2. The summed E-state index contributed by atoms with van der Waals surface area (Å²) >= 11 is 6.41. The fourth-order valence-corrected chi connectivity index (χ4v) is 4.53. The average molecular weight is 411 g/mol. The van der Waals surface area contributed by atoms with Crippen molar-refractivity contribution in [1.82, 2.24) is 24.4 Å². The standard InChI is InChI=1S/C20H19ClN6O2/c1-11-7-12-13(14(21)8-11)9-27(19(12)29)17(18(28)25-20-22-4-5-23-20)16-15-3-2-6-26(15)10-24-16/h4-5,7-8,10,17H,2-3,6,9H2,1H3,(H2,22,23,25,28). The summed E-state index contributed by atoms with van der Waals surface area (Å²) in [5.74, 6) is -0.249. The van der Waals surface area contributed by atoms with Gasteiger partial charge in [0.25, 0.3) is 11.8 Å². The molecule has 1 unspecified atom stereocenters. The SMILES string of the molecule is Cc1cc(Cl)c2c(c1)C(=O)N(C(C(=O)Nc1ncc[nH]1)c1ncn3c1CCC3)C2. The van der Waals surface area contributed by atoms with Crippen molar-refractivity contribution >= 4 is 29.4 Å². The summed E-state index contributed by atoms with van der Waals surface area (Å²) in [5, 5.41) is 3.31. The normalized spacial score (nSPS) is 16.1. The number of fused-ring (bicyclic) bond motifs is 2. The summed E-state index contributed by atoms with van der Waals surface area (Å²) in [5.41, 5.74) is 3.80. The zero-order chi connectivity index (χ0) is 20.1. The first-order chi connectivity index (χ1) is 14.0. The van der Waals surface area contributed by atoms with Crippen LogP contribution >= 0.6 is 11.6 Å². The van der Waals surface area contributed by atoms with E-state index in [4.69, 9.17) is 11.6 Å². The lowest BCUT2D eigenvalue weighted by molar-refractivity contribution is -0.121. The van der Waals surface area contributed by atoms with E-state index in [1.54, 1.807) is 23.6 Å². The van der Waals surface area contributed by atoms with E-state index < -0.39 is 6.04 Å². The molecule has 1 atom stereocenters. The minimum absolute atomic E-state index is 0.218. The molecule has 2 aromatic heterocycles. The molecule has 0 saturated carbocycles. The molecule has 2 aliphatic heterocycles.